The number of hydrogen-bond acceptors (Lipinski definition) is 6. The quantitative estimate of drug-likeness (QED) is 0.254. The molecule has 102 valence electrons. The molecule has 2 amide bonds. The predicted molar refractivity (Wildman–Crippen MR) is 74.7 cm³/mol. The van der Waals surface area contributed by atoms with Gasteiger partial charge in [-0.25, -0.2) is 0 Å². The van der Waals surface area contributed by atoms with E-state index >= 15 is 0 Å². The van der Waals surface area contributed by atoms with Crippen LogP contribution in [0.15, 0.2) is 24.3 Å². The maximum Gasteiger partial charge on any atom is 0.256 e. The van der Waals surface area contributed by atoms with Crippen LogP contribution in [0.5, 0.6) is 0 Å². The van der Waals surface area contributed by atoms with E-state index in [0.717, 1.165) is 5.56 Å². The van der Waals surface area contributed by atoms with Crippen molar-refractivity contribution in [2.75, 3.05) is 0 Å². The van der Waals surface area contributed by atoms with Gasteiger partial charge in [0, 0.05) is 12.1 Å². The predicted octanol–water partition coefficient (Wildman–Crippen LogP) is -1.48. The van der Waals surface area contributed by atoms with Gasteiger partial charge in [-0.15, -0.1) is 0 Å². The zero-order chi connectivity index (χ0) is 14.4. The topological polar surface area (TPSA) is 136 Å². The first-order valence-electron chi connectivity index (χ1n) is 5.38. The summed E-state index contributed by atoms with van der Waals surface area (Å²) >= 11 is 4.81. The first-order chi connectivity index (χ1) is 8.95. The molecule has 1 unspecified atom stereocenters. The smallest absolute Gasteiger partial charge is 0.256 e. The largest absolute Gasteiger partial charge is 0.368 e. The van der Waals surface area contributed by atoms with Crippen molar-refractivity contribution in [3.63, 3.8) is 0 Å². The van der Waals surface area contributed by atoms with Crippen molar-refractivity contribution < 1.29 is 9.59 Å². The van der Waals surface area contributed by atoms with Crippen LogP contribution in [0.3, 0.4) is 0 Å². The first-order valence-corrected chi connectivity index (χ1v) is 5.79. The van der Waals surface area contributed by atoms with Gasteiger partial charge in [-0.05, 0) is 17.7 Å². The number of thiocarbonyl (C=S) groups is 1. The standard InChI is InChI=1S/C11H15N5O2S/c12-8(9(13)17)11(19)16-10(18)7-3-1-6(2-4-7)5-15-14/h1-4,8,15H,5,12,14H2,(H2,13,17)(H,16,18,19). The van der Waals surface area contributed by atoms with Crippen LogP contribution < -0.4 is 28.1 Å². The second-order valence-corrected chi connectivity index (χ2v) is 4.22. The van der Waals surface area contributed by atoms with Gasteiger partial charge >= 0.3 is 0 Å². The Morgan fingerprint density at radius 1 is 1.26 bits per heavy atom. The minimum atomic E-state index is -1.18. The maximum absolute atomic E-state index is 11.8. The van der Waals surface area contributed by atoms with E-state index in [0.29, 0.717) is 12.1 Å². The summed E-state index contributed by atoms with van der Waals surface area (Å²) in [5.74, 6) is 3.94. The van der Waals surface area contributed by atoms with Crippen molar-refractivity contribution in [1.29, 1.82) is 0 Å². The van der Waals surface area contributed by atoms with Gasteiger partial charge in [0.2, 0.25) is 5.91 Å². The average molecular weight is 281 g/mol. The van der Waals surface area contributed by atoms with E-state index in [1.165, 1.54) is 0 Å². The Bertz CT molecular complexity index is 488. The third-order valence-corrected chi connectivity index (χ3v) is 2.70. The summed E-state index contributed by atoms with van der Waals surface area (Å²) in [4.78, 5) is 22.5. The zero-order valence-electron chi connectivity index (χ0n) is 10.1. The van der Waals surface area contributed by atoms with Gasteiger partial charge in [0.05, 0.1) is 0 Å². The first kappa shape index (κ1) is 15.2. The molecule has 0 aliphatic carbocycles. The van der Waals surface area contributed by atoms with Crippen LogP contribution in [0.25, 0.3) is 0 Å². The third kappa shape index (κ3) is 4.38. The lowest BCUT2D eigenvalue weighted by molar-refractivity contribution is -0.117. The summed E-state index contributed by atoms with van der Waals surface area (Å²) in [7, 11) is 0. The lowest BCUT2D eigenvalue weighted by atomic mass is 10.1. The van der Waals surface area contributed by atoms with E-state index in [1.807, 2.05) is 0 Å². The van der Waals surface area contributed by atoms with Crippen LogP contribution in [0.1, 0.15) is 15.9 Å². The number of nitrogens with two attached hydrogens (primary N) is 3. The summed E-state index contributed by atoms with van der Waals surface area (Å²) in [6.07, 6.45) is 0. The molecule has 19 heavy (non-hydrogen) atoms. The summed E-state index contributed by atoms with van der Waals surface area (Å²) in [5, 5.41) is 2.36. The number of primary amides is 1. The van der Waals surface area contributed by atoms with Crippen LogP contribution >= 0.6 is 12.2 Å². The van der Waals surface area contributed by atoms with Gasteiger partial charge in [0.15, 0.2) is 0 Å². The second-order valence-electron chi connectivity index (χ2n) is 3.78. The molecule has 1 aromatic rings. The minimum absolute atomic E-state index is 0.106. The molecule has 0 saturated heterocycles. The average Bonchev–Trinajstić information content (AvgIpc) is 2.38. The van der Waals surface area contributed by atoms with Crippen LogP contribution in [-0.2, 0) is 11.3 Å². The monoisotopic (exact) mass is 281 g/mol. The number of benzene rings is 1. The highest BCUT2D eigenvalue weighted by Gasteiger charge is 2.18. The van der Waals surface area contributed by atoms with Gasteiger partial charge < -0.3 is 16.8 Å². The Morgan fingerprint density at radius 2 is 1.84 bits per heavy atom. The molecule has 1 atom stereocenters. The van der Waals surface area contributed by atoms with E-state index in [9.17, 15) is 9.59 Å². The fraction of sp³-hybridized carbons (Fsp3) is 0.182. The lowest BCUT2D eigenvalue weighted by Crippen LogP contribution is -2.49. The Morgan fingerprint density at radius 3 is 2.32 bits per heavy atom. The van der Waals surface area contributed by atoms with Gasteiger partial charge in [0.25, 0.3) is 5.91 Å². The molecule has 0 bridgehead atoms. The molecule has 0 saturated carbocycles. The van der Waals surface area contributed by atoms with Crippen LogP contribution in [-0.4, -0.2) is 22.8 Å². The van der Waals surface area contributed by atoms with Crippen molar-refractivity contribution in [1.82, 2.24) is 10.7 Å². The molecule has 0 aliphatic rings. The van der Waals surface area contributed by atoms with Crippen LogP contribution in [0, 0.1) is 0 Å². The number of carbonyl (C=O) groups excluding carboxylic acids is 2. The van der Waals surface area contributed by atoms with Gasteiger partial charge in [-0.2, -0.15) is 0 Å². The molecule has 7 nitrogen and oxygen atoms in total. The normalized spacial score (nSPS) is 11.7. The highest BCUT2D eigenvalue weighted by Crippen LogP contribution is 2.04. The Balaban J connectivity index is 2.68. The molecular weight excluding hydrogens is 266 g/mol. The molecule has 0 radical (unpaired) electrons. The van der Waals surface area contributed by atoms with Gasteiger partial charge in [-0.1, -0.05) is 24.4 Å². The van der Waals surface area contributed by atoms with E-state index in [-0.39, 0.29) is 4.99 Å². The fourth-order valence-electron chi connectivity index (χ4n) is 1.28. The Labute approximate surface area is 115 Å². The van der Waals surface area contributed by atoms with Gasteiger partial charge in [-0.3, -0.25) is 20.9 Å². The number of hydrazine groups is 1. The fourth-order valence-corrected chi connectivity index (χ4v) is 1.49. The summed E-state index contributed by atoms with van der Waals surface area (Å²) in [5.41, 5.74) is 14.2. The van der Waals surface area contributed by atoms with E-state index < -0.39 is 17.9 Å². The van der Waals surface area contributed by atoms with Crippen molar-refractivity contribution >= 4 is 29.0 Å². The number of amides is 2. The lowest BCUT2D eigenvalue weighted by Gasteiger charge is -2.11. The van der Waals surface area contributed by atoms with Gasteiger partial charge in [0.1, 0.15) is 11.0 Å². The minimum Gasteiger partial charge on any atom is -0.368 e. The molecule has 0 spiro atoms. The van der Waals surface area contributed by atoms with E-state index in [2.05, 4.69) is 10.7 Å². The molecule has 0 aromatic heterocycles. The number of rotatable bonds is 5. The SMILES string of the molecule is NNCc1ccc(C(=O)NC(=S)C(N)C(N)=O)cc1. The maximum atomic E-state index is 11.8. The molecule has 8 N–H and O–H groups in total. The second kappa shape index (κ2) is 6.90. The van der Waals surface area contributed by atoms with E-state index in [4.69, 9.17) is 29.5 Å². The number of nitrogens with one attached hydrogen (secondary N) is 2. The summed E-state index contributed by atoms with van der Waals surface area (Å²) in [6.45, 7) is 0.493. The van der Waals surface area contributed by atoms with Crippen LogP contribution in [0.4, 0.5) is 0 Å². The molecule has 0 aliphatic heterocycles. The van der Waals surface area contributed by atoms with Crippen molar-refractivity contribution in [2.45, 2.75) is 12.6 Å². The molecule has 1 rings (SSSR count). The molecule has 8 heteroatoms. The molecular formula is C11H15N5O2S. The molecule has 0 fully saturated rings. The summed E-state index contributed by atoms with van der Waals surface area (Å²) in [6, 6.07) is 5.53. The Hall–Kier alpha value is -1.87. The molecule has 0 heterocycles. The molecule has 1 aromatic carbocycles. The van der Waals surface area contributed by atoms with Crippen molar-refractivity contribution in [2.24, 2.45) is 17.3 Å². The zero-order valence-corrected chi connectivity index (χ0v) is 10.9. The summed E-state index contributed by atoms with van der Waals surface area (Å²) < 4.78 is 0. The van der Waals surface area contributed by atoms with Crippen molar-refractivity contribution in [3.05, 3.63) is 35.4 Å². The number of carbonyl (C=O) groups is 2. The number of hydrogen-bond donors (Lipinski definition) is 5. The van der Waals surface area contributed by atoms with Crippen LogP contribution in [0.2, 0.25) is 0 Å². The Kier molecular flexibility index (Phi) is 5.52. The highest BCUT2D eigenvalue weighted by molar-refractivity contribution is 7.80. The third-order valence-electron chi connectivity index (χ3n) is 2.35. The van der Waals surface area contributed by atoms with E-state index in [1.54, 1.807) is 24.3 Å². The highest BCUT2D eigenvalue weighted by atomic mass is 32.1. The van der Waals surface area contributed by atoms with Crippen molar-refractivity contribution in [3.8, 4) is 0 Å².